The van der Waals surface area contributed by atoms with Gasteiger partial charge in [-0.2, -0.15) is 0 Å². The number of hydrogen-bond donors (Lipinski definition) is 1. The van der Waals surface area contributed by atoms with Crippen molar-refractivity contribution in [2.24, 2.45) is 12.8 Å². The smallest absolute Gasteiger partial charge is 0.283 e. The number of rotatable bonds is 3. The molecule has 0 spiro atoms. The minimum atomic E-state index is -0.660. The summed E-state index contributed by atoms with van der Waals surface area (Å²) >= 11 is 0. The first-order chi connectivity index (χ1) is 14.4. The summed E-state index contributed by atoms with van der Waals surface area (Å²) in [6, 6.07) is 2.99. The summed E-state index contributed by atoms with van der Waals surface area (Å²) < 4.78 is 41.1. The summed E-state index contributed by atoms with van der Waals surface area (Å²) in [5.41, 5.74) is 8.51. The zero-order chi connectivity index (χ0) is 21.0. The van der Waals surface area contributed by atoms with Gasteiger partial charge in [0.15, 0.2) is 5.82 Å². The predicted molar refractivity (Wildman–Crippen MR) is 102 cm³/mol. The molecule has 1 aromatic carbocycles. The van der Waals surface area contributed by atoms with Gasteiger partial charge < -0.3 is 19.5 Å². The normalized spacial score (nSPS) is 24.4. The third-order valence-corrected chi connectivity index (χ3v) is 5.90. The van der Waals surface area contributed by atoms with E-state index in [-0.39, 0.29) is 11.6 Å². The molecular weight excluding hydrogens is 394 g/mol. The molecule has 3 aromatic rings. The van der Waals surface area contributed by atoms with E-state index in [1.54, 1.807) is 6.92 Å². The molecule has 8 nitrogen and oxygen atoms in total. The van der Waals surface area contributed by atoms with Gasteiger partial charge in [-0.3, -0.25) is 4.90 Å². The van der Waals surface area contributed by atoms with Gasteiger partial charge in [-0.05, 0) is 24.6 Å². The molecule has 3 atom stereocenters. The summed E-state index contributed by atoms with van der Waals surface area (Å²) in [6.45, 7) is 3.46. The molecule has 4 heterocycles. The summed E-state index contributed by atoms with van der Waals surface area (Å²) in [4.78, 5) is 6.93. The zero-order valence-electron chi connectivity index (χ0n) is 16.7. The van der Waals surface area contributed by atoms with E-state index in [1.807, 2.05) is 11.6 Å². The van der Waals surface area contributed by atoms with Crippen molar-refractivity contribution in [3.05, 3.63) is 52.7 Å². The van der Waals surface area contributed by atoms with E-state index in [0.717, 1.165) is 29.6 Å². The molecule has 2 N–H and O–H groups in total. The molecule has 5 rings (SSSR count). The summed E-state index contributed by atoms with van der Waals surface area (Å²) in [5.74, 6) is 0.541. The topological polar surface area (TPSA) is 95.2 Å². The highest BCUT2D eigenvalue weighted by Crippen LogP contribution is 2.35. The van der Waals surface area contributed by atoms with E-state index in [4.69, 9.17) is 14.9 Å². The Morgan fingerprint density at radius 1 is 1.20 bits per heavy atom. The Morgan fingerprint density at radius 2 is 2.03 bits per heavy atom. The van der Waals surface area contributed by atoms with Crippen molar-refractivity contribution in [3.8, 4) is 11.7 Å². The Kier molecular flexibility index (Phi) is 4.64. The van der Waals surface area contributed by atoms with Gasteiger partial charge in [0.2, 0.25) is 5.89 Å². The number of benzene rings is 1. The fourth-order valence-electron chi connectivity index (χ4n) is 4.34. The van der Waals surface area contributed by atoms with Crippen LogP contribution in [0, 0.1) is 18.6 Å². The van der Waals surface area contributed by atoms with Crippen LogP contribution in [0.3, 0.4) is 0 Å². The second-order valence-corrected chi connectivity index (χ2v) is 7.89. The van der Waals surface area contributed by atoms with Crippen molar-refractivity contribution in [2.75, 3.05) is 6.61 Å². The van der Waals surface area contributed by atoms with Crippen molar-refractivity contribution in [3.63, 3.8) is 0 Å². The molecular formula is C20H22F2N6O2. The molecule has 1 saturated heterocycles. The third-order valence-electron chi connectivity index (χ3n) is 5.90. The molecule has 30 heavy (non-hydrogen) atoms. The SMILES string of the molecule is Cc1nnc(-c2nc3c(n2C)CN([C@H]2CO[C@H](c4cc(F)ccc4F)[C@@H](N)C2)C3)o1. The largest absolute Gasteiger partial charge is 0.419 e. The minimum absolute atomic E-state index is 0.0659. The maximum atomic E-state index is 14.1. The van der Waals surface area contributed by atoms with Crippen LogP contribution in [0.1, 0.15) is 35.4 Å². The van der Waals surface area contributed by atoms with Gasteiger partial charge in [-0.15, -0.1) is 10.2 Å². The van der Waals surface area contributed by atoms with Crippen molar-refractivity contribution < 1.29 is 17.9 Å². The fraction of sp³-hybridized carbons (Fsp3) is 0.450. The van der Waals surface area contributed by atoms with Crippen LogP contribution < -0.4 is 5.73 Å². The summed E-state index contributed by atoms with van der Waals surface area (Å²) in [6.07, 6.45) is -0.0444. The average Bonchev–Trinajstić information content (AvgIpc) is 3.40. The molecule has 0 saturated carbocycles. The molecule has 2 aromatic heterocycles. The van der Waals surface area contributed by atoms with Crippen LogP contribution in [0.4, 0.5) is 8.78 Å². The fourth-order valence-corrected chi connectivity index (χ4v) is 4.34. The third kappa shape index (κ3) is 3.21. The van der Waals surface area contributed by atoms with Crippen LogP contribution >= 0.6 is 0 Å². The zero-order valence-corrected chi connectivity index (χ0v) is 16.7. The molecule has 0 bridgehead atoms. The first-order valence-electron chi connectivity index (χ1n) is 9.82. The monoisotopic (exact) mass is 416 g/mol. The van der Waals surface area contributed by atoms with Crippen LogP contribution in [0.5, 0.6) is 0 Å². The van der Waals surface area contributed by atoms with Crippen molar-refractivity contribution in [1.82, 2.24) is 24.6 Å². The van der Waals surface area contributed by atoms with Crippen LogP contribution in [-0.2, 0) is 24.9 Å². The van der Waals surface area contributed by atoms with Gasteiger partial charge in [0, 0.05) is 44.7 Å². The van der Waals surface area contributed by atoms with E-state index in [1.165, 1.54) is 0 Å². The van der Waals surface area contributed by atoms with Crippen LogP contribution in [0.2, 0.25) is 0 Å². The van der Waals surface area contributed by atoms with Crippen LogP contribution in [0.15, 0.2) is 22.6 Å². The quantitative estimate of drug-likeness (QED) is 0.700. The standard InChI is InChI=1S/C20H22F2N6O2/c1-10-25-26-20(30-10)19-24-16-7-28(8-17(16)27(19)2)12-6-15(23)18(29-9-12)13-5-11(21)3-4-14(13)22/h3-5,12,15,18H,6-9,23H2,1-2H3/t12-,15+,18-/m1/s1. The van der Waals surface area contributed by atoms with E-state index in [9.17, 15) is 8.78 Å². The first kappa shape index (κ1) is 19.3. The van der Waals surface area contributed by atoms with Crippen molar-refractivity contribution in [2.45, 2.75) is 44.6 Å². The molecule has 2 aliphatic heterocycles. The summed E-state index contributed by atoms with van der Waals surface area (Å²) in [7, 11) is 1.93. The Labute approximate surface area is 171 Å². The van der Waals surface area contributed by atoms with E-state index >= 15 is 0 Å². The molecule has 2 aliphatic rings. The second-order valence-electron chi connectivity index (χ2n) is 7.89. The maximum Gasteiger partial charge on any atom is 0.283 e. The number of ether oxygens (including phenoxy) is 1. The number of halogens is 2. The van der Waals surface area contributed by atoms with Gasteiger partial charge in [-0.1, -0.05) is 0 Å². The lowest BCUT2D eigenvalue weighted by atomic mass is 9.93. The molecule has 1 fully saturated rings. The number of hydrogen-bond acceptors (Lipinski definition) is 7. The number of nitrogens with two attached hydrogens (primary N) is 1. The minimum Gasteiger partial charge on any atom is -0.419 e. The Morgan fingerprint density at radius 3 is 2.73 bits per heavy atom. The molecule has 0 radical (unpaired) electrons. The number of aromatic nitrogens is 4. The number of aryl methyl sites for hydroxylation is 1. The van der Waals surface area contributed by atoms with Crippen LogP contribution in [-0.4, -0.2) is 43.3 Å². The lowest BCUT2D eigenvalue weighted by Gasteiger charge is -2.38. The highest BCUT2D eigenvalue weighted by molar-refractivity contribution is 5.44. The number of nitrogens with zero attached hydrogens (tertiary/aromatic N) is 5. The Hall–Kier alpha value is -2.69. The Balaban J connectivity index is 1.29. The molecule has 10 heteroatoms. The molecule has 0 amide bonds. The first-order valence-corrected chi connectivity index (χ1v) is 9.82. The van der Waals surface area contributed by atoms with E-state index in [0.29, 0.717) is 43.7 Å². The predicted octanol–water partition coefficient (Wildman–Crippen LogP) is 2.23. The van der Waals surface area contributed by atoms with E-state index in [2.05, 4.69) is 20.1 Å². The van der Waals surface area contributed by atoms with Gasteiger partial charge in [0.1, 0.15) is 17.7 Å². The van der Waals surface area contributed by atoms with Gasteiger partial charge >= 0.3 is 0 Å². The Bertz CT molecular complexity index is 1100. The molecule has 0 unspecified atom stereocenters. The highest BCUT2D eigenvalue weighted by atomic mass is 19.1. The van der Waals surface area contributed by atoms with Crippen molar-refractivity contribution >= 4 is 0 Å². The average molecular weight is 416 g/mol. The summed E-state index contributed by atoms with van der Waals surface area (Å²) in [5, 5.41) is 7.92. The van der Waals surface area contributed by atoms with E-state index < -0.39 is 23.8 Å². The lowest BCUT2D eigenvalue weighted by Crippen LogP contribution is -2.47. The van der Waals surface area contributed by atoms with Gasteiger partial charge in [0.25, 0.3) is 5.89 Å². The highest BCUT2D eigenvalue weighted by Gasteiger charge is 2.38. The van der Waals surface area contributed by atoms with Crippen LogP contribution in [0.25, 0.3) is 11.7 Å². The molecule has 0 aliphatic carbocycles. The number of fused-ring (bicyclic) bond motifs is 1. The number of imidazole rings is 1. The van der Waals surface area contributed by atoms with Gasteiger partial charge in [-0.25, -0.2) is 13.8 Å². The van der Waals surface area contributed by atoms with Gasteiger partial charge in [0.05, 0.1) is 18.0 Å². The van der Waals surface area contributed by atoms with Crippen molar-refractivity contribution in [1.29, 1.82) is 0 Å². The molecule has 158 valence electrons. The maximum absolute atomic E-state index is 14.1. The second kappa shape index (κ2) is 7.22. The lowest BCUT2D eigenvalue weighted by molar-refractivity contribution is -0.0534.